The third kappa shape index (κ3) is 4.91. The summed E-state index contributed by atoms with van der Waals surface area (Å²) in [4.78, 5) is 10.0. The van der Waals surface area contributed by atoms with Crippen molar-refractivity contribution >= 4 is 5.97 Å². The zero-order valence-electron chi connectivity index (χ0n) is 7.52. The monoisotopic (exact) mass is 235 g/mol. The second-order valence-electron chi connectivity index (χ2n) is 3.10. The van der Waals surface area contributed by atoms with Crippen LogP contribution >= 0.6 is 0 Å². The molecule has 0 aromatic rings. The van der Waals surface area contributed by atoms with E-state index in [-0.39, 0.29) is 0 Å². The molecule has 0 spiro atoms. The lowest BCUT2D eigenvalue weighted by Crippen LogP contribution is -2.42. The maximum atomic E-state index is 12.4. The molecule has 0 bridgehead atoms. The van der Waals surface area contributed by atoms with E-state index in [9.17, 15) is 26.7 Å². The standard InChI is InChI=1S/C7H10F5NO2/c8-6(9,7(10,11)12)3-4(13)1-2-5(14)15/h4H,1-3,13H2,(H,14,15). The van der Waals surface area contributed by atoms with Crippen LogP contribution in [0.5, 0.6) is 0 Å². The highest BCUT2D eigenvalue weighted by Crippen LogP contribution is 2.38. The van der Waals surface area contributed by atoms with E-state index in [2.05, 4.69) is 0 Å². The van der Waals surface area contributed by atoms with Crippen LogP contribution in [-0.4, -0.2) is 29.2 Å². The minimum Gasteiger partial charge on any atom is -0.481 e. The fourth-order valence-corrected chi connectivity index (χ4v) is 0.856. The maximum Gasteiger partial charge on any atom is 0.453 e. The van der Waals surface area contributed by atoms with Crippen molar-refractivity contribution in [1.29, 1.82) is 0 Å². The molecule has 0 fully saturated rings. The number of hydrogen-bond acceptors (Lipinski definition) is 2. The van der Waals surface area contributed by atoms with E-state index in [1.54, 1.807) is 0 Å². The molecule has 0 rings (SSSR count). The Hall–Kier alpha value is -0.920. The first-order valence-electron chi connectivity index (χ1n) is 3.98. The second-order valence-corrected chi connectivity index (χ2v) is 3.10. The van der Waals surface area contributed by atoms with Crippen LogP contribution in [0.2, 0.25) is 0 Å². The van der Waals surface area contributed by atoms with Crippen molar-refractivity contribution in [2.24, 2.45) is 5.73 Å². The van der Waals surface area contributed by atoms with Gasteiger partial charge in [-0.25, -0.2) is 0 Å². The molecule has 0 aliphatic rings. The van der Waals surface area contributed by atoms with Crippen LogP contribution in [-0.2, 0) is 4.79 Å². The summed E-state index contributed by atoms with van der Waals surface area (Å²) in [5.74, 6) is -6.16. The van der Waals surface area contributed by atoms with Crippen molar-refractivity contribution in [1.82, 2.24) is 0 Å². The summed E-state index contributed by atoms with van der Waals surface area (Å²) in [7, 11) is 0. The lowest BCUT2D eigenvalue weighted by atomic mass is 10.0. The molecule has 0 amide bonds. The molecule has 3 nitrogen and oxygen atoms in total. The summed E-state index contributed by atoms with van der Waals surface area (Å²) < 4.78 is 59.7. The molecule has 0 aromatic heterocycles. The van der Waals surface area contributed by atoms with Gasteiger partial charge in [0.1, 0.15) is 0 Å². The molecule has 0 heterocycles. The van der Waals surface area contributed by atoms with Gasteiger partial charge in [0.25, 0.3) is 0 Å². The Labute approximate surface area is 82.1 Å². The molecule has 8 heteroatoms. The molecule has 0 saturated carbocycles. The molecular formula is C7H10F5NO2. The van der Waals surface area contributed by atoms with Gasteiger partial charge in [-0.05, 0) is 6.42 Å². The largest absolute Gasteiger partial charge is 0.481 e. The number of nitrogens with two attached hydrogens (primary N) is 1. The van der Waals surface area contributed by atoms with Crippen LogP contribution in [0.1, 0.15) is 19.3 Å². The van der Waals surface area contributed by atoms with Crippen LogP contribution in [0.15, 0.2) is 0 Å². The Bertz CT molecular complexity index is 228. The average molecular weight is 235 g/mol. The molecule has 90 valence electrons. The number of alkyl halides is 5. The van der Waals surface area contributed by atoms with Gasteiger partial charge in [0, 0.05) is 18.9 Å². The Balaban J connectivity index is 4.16. The fourth-order valence-electron chi connectivity index (χ4n) is 0.856. The van der Waals surface area contributed by atoms with E-state index in [0.717, 1.165) is 0 Å². The SMILES string of the molecule is NC(CCC(=O)O)CC(F)(F)C(F)(F)F. The number of hydrogen-bond donors (Lipinski definition) is 2. The number of carboxylic acid groups (broad SMARTS) is 1. The van der Waals surface area contributed by atoms with E-state index >= 15 is 0 Å². The summed E-state index contributed by atoms with van der Waals surface area (Å²) in [6.45, 7) is 0. The Kier molecular flexibility index (Phi) is 4.44. The van der Waals surface area contributed by atoms with Gasteiger partial charge in [-0.2, -0.15) is 22.0 Å². The highest BCUT2D eigenvalue weighted by molar-refractivity contribution is 5.66. The number of carbonyl (C=O) groups is 1. The van der Waals surface area contributed by atoms with Gasteiger partial charge in [-0.3, -0.25) is 4.79 Å². The summed E-state index contributed by atoms with van der Waals surface area (Å²) >= 11 is 0. The molecule has 0 aromatic carbocycles. The number of halogens is 5. The van der Waals surface area contributed by atoms with Crippen molar-refractivity contribution in [3.63, 3.8) is 0 Å². The zero-order valence-corrected chi connectivity index (χ0v) is 7.52. The van der Waals surface area contributed by atoms with Crippen LogP contribution in [0.25, 0.3) is 0 Å². The van der Waals surface area contributed by atoms with Crippen LogP contribution in [0, 0.1) is 0 Å². The van der Waals surface area contributed by atoms with Crippen molar-refractivity contribution in [3.05, 3.63) is 0 Å². The van der Waals surface area contributed by atoms with Gasteiger partial charge in [-0.15, -0.1) is 0 Å². The van der Waals surface area contributed by atoms with Crippen LogP contribution in [0.4, 0.5) is 22.0 Å². The van der Waals surface area contributed by atoms with Gasteiger partial charge in [0.2, 0.25) is 0 Å². The van der Waals surface area contributed by atoms with E-state index in [1.165, 1.54) is 0 Å². The summed E-state index contributed by atoms with van der Waals surface area (Å²) in [6, 6.07) is -1.49. The van der Waals surface area contributed by atoms with Crippen molar-refractivity contribution in [2.75, 3.05) is 0 Å². The summed E-state index contributed by atoms with van der Waals surface area (Å²) in [5.41, 5.74) is 4.96. The normalized spacial score (nSPS) is 15.1. The molecule has 15 heavy (non-hydrogen) atoms. The van der Waals surface area contributed by atoms with Crippen molar-refractivity contribution in [3.8, 4) is 0 Å². The number of carboxylic acids is 1. The van der Waals surface area contributed by atoms with E-state index in [4.69, 9.17) is 10.8 Å². The maximum absolute atomic E-state index is 12.4. The fraction of sp³-hybridized carbons (Fsp3) is 0.857. The first-order valence-corrected chi connectivity index (χ1v) is 3.98. The highest BCUT2D eigenvalue weighted by Gasteiger charge is 2.57. The van der Waals surface area contributed by atoms with Crippen LogP contribution in [0.3, 0.4) is 0 Å². The van der Waals surface area contributed by atoms with Gasteiger partial charge in [-0.1, -0.05) is 0 Å². The molecule has 0 radical (unpaired) electrons. The van der Waals surface area contributed by atoms with Crippen molar-refractivity contribution in [2.45, 2.75) is 37.4 Å². The minimum atomic E-state index is -5.64. The van der Waals surface area contributed by atoms with Crippen molar-refractivity contribution < 1.29 is 31.9 Å². The molecule has 0 aliphatic heterocycles. The Morgan fingerprint density at radius 1 is 1.27 bits per heavy atom. The average Bonchev–Trinajstić information content (AvgIpc) is 1.97. The molecular weight excluding hydrogens is 225 g/mol. The number of rotatable bonds is 5. The Morgan fingerprint density at radius 3 is 2.07 bits per heavy atom. The first-order chi connectivity index (χ1) is 6.56. The summed E-state index contributed by atoms with van der Waals surface area (Å²) in [6.07, 6.45) is -8.19. The van der Waals surface area contributed by atoms with E-state index < -0.39 is 43.4 Å². The Morgan fingerprint density at radius 2 is 1.73 bits per heavy atom. The molecule has 0 saturated heterocycles. The topological polar surface area (TPSA) is 63.3 Å². The first kappa shape index (κ1) is 14.1. The molecule has 0 aliphatic carbocycles. The molecule has 3 N–H and O–H groups in total. The molecule has 1 unspecified atom stereocenters. The lowest BCUT2D eigenvalue weighted by Gasteiger charge is -2.22. The van der Waals surface area contributed by atoms with E-state index in [1.807, 2.05) is 0 Å². The number of aliphatic carboxylic acids is 1. The predicted octanol–water partition coefficient (Wildman–Crippen LogP) is 1.77. The predicted molar refractivity (Wildman–Crippen MR) is 40.5 cm³/mol. The quantitative estimate of drug-likeness (QED) is 0.714. The van der Waals surface area contributed by atoms with Gasteiger partial charge < -0.3 is 10.8 Å². The smallest absolute Gasteiger partial charge is 0.453 e. The molecule has 1 atom stereocenters. The van der Waals surface area contributed by atoms with E-state index in [0.29, 0.717) is 0 Å². The minimum absolute atomic E-state index is 0.416. The second kappa shape index (κ2) is 4.73. The third-order valence-corrected chi connectivity index (χ3v) is 1.66. The highest BCUT2D eigenvalue weighted by atomic mass is 19.4. The van der Waals surface area contributed by atoms with Crippen LogP contribution < -0.4 is 5.73 Å². The van der Waals surface area contributed by atoms with Gasteiger partial charge in [0.15, 0.2) is 0 Å². The van der Waals surface area contributed by atoms with Gasteiger partial charge in [0.05, 0.1) is 0 Å². The summed E-state index contributed by atoms with van der Waals surface area (Å²) in [5, 5.41) is 8.16. The third-order valence-electron chi connectivity index (χ3n) is 1.66. The van der Waals surface area contributed by atoms with Gasteiger partial charge >= 0.3 is 18.1 Å². The zero-order chi connectivity index (χ0) is 12.3. The lowest BCUT2D eigenvalue weighted by molar-refractivity contribution is -0.285.